The average molecular weight is 524 g/mol. The van der Waals surface area contributed by atoms with E-state index in [0.717, 1.165) is 4.90 Å². The van der Waals surface area contributed by atoms with Crippen LogP contribution in [0.25, 0.3) is 0 Å². The lowest BCUT2D eigenvalue weighted by molar-refractivity contribution is 0.0743. The number of alkyl carbamates (subject to hydrolysis) is 1. The van der Waals surface area contributed by atoms with Gasteiger partial charge in [0.25, 0.3) is 0 Å². The zero-order valence-corrected chi connectivity index (χ0v) is 21.5. The Balaban J connectivity index is 1.80. The van der Waals surface area contributed by atoms with Crippen molar-refractivity contribution in [2.24, 2.45) is 5.92 Å². The normalized spacial score (nSPS) is 17.9. The zero-order valence-electron chi connectivity index (χ0n) is 19.9. The van der Waals surface area contributed by atoms with Gasteiger partial charge >= 0.3 is 6.09 Å². The van der Waals surface area contributed by atoms with Crippen LogP contribution in [0.4, 0.5) is 10.5 Å². The monoisotopic (exact) mass is 523 g/mol. The van der Waals surface area contributed by atoms with Crippen LogP contribution in [0.1, 0.15) is 20.3 Å². The van der Waals surface area contributed by atoms with Gasteiger partial charge in [0, 0.05) is 30.1 Å². The summed E-state index contributed by atoms with van der Waals surface area (Å²) in [6.07, 6.45) is -1.66. The lowest BCUT2D eigenvalue weighted by atomic mass is 10.2. The van der Waals surface area contributed by atoms with Gasteiger partial charge in [0.2, 0.25) is 10.0 Å². The van der Waals surface area contributed by atoms with Crippen LogP contribution in [-0.2, 0) is 19.5 Å². The molecule has 2 aromatic carbocycles. The van der Waals surface area contributed by atoms with Gasteiger partial charge in [-0.1, -0.05) is 43.8 Å². The molecule has 0 spiro atoms. The van der Waals surface area contributed by atoms with Crippen LogP contribution in [0.15, 0.2) is 64.4 Å². The molecule has 1 fully saturated rings. The number of hydrogen-bond acceptors (Lipinski definition) is 8. The minimum absolute atomic E-state index is 0.00581. The fourth-order valence-corrected chi connectivity index (χ4v) is 6.16. The number of sulfonamides is 1. The highest BCUT2D eigenvalue weighted by Crippen LogP contribution is 2.26. The highest BCUT2D eigenvalue weighted by molar-refractivity contribution is 8.00. The van der Waals surface area contributed by atoms with E-state index in [0.29, 0.717) is 25.3 Å². The van der Waals surface area contributed by atoms with Gasteiger partial charge < -0.3 is 25.6 Å². The number of aliphatic hydroxyl groups excluding tert-OH is 1. The Hall–Kier alpha value is -2.31. The SMILES string of the molecule is CC(C)CN(C[C@H](O)[C@H](NC(=O)O[C@H]1CCOC1)Sc1ccccc1)S(=O)(=O)c1ccc(N)cc1. The average Bonchev–Trinajstić information content (AvgIpc) is 3.31. The van der Waals surface area contributed by atoms with Gasteiger partial charge in [-0.25, -0.2) is 13.2 Å². The number of rotatable bonds is 11. The fourth-order valence-electron chi connectivity index (χ4n) is 3.53. The molecular formula is C24H33N3O6S2. The Labute approximate surface area is 211 Å². The molecule has 35 heavy (non-hydrogen) atoms. The van der Waals surface area contributed by atoms with E-state index in [4.69, 9.17) is 15.2 Å². The number of hydrogen-bond donors (Lipinski definition) is 3. The summed E-state index contributed by atoms with van der Waals surface area (Å²) in [6, 6.07) is 15.2. The smallest absolute Gasteiger partial charge is 0.408 e. The molecular weight excluding hydrogens is 490 g/mol. The summed E-state index contributed by atoms with van der Waals surface area (Å²) in [5.74, 6) is 0.00581. The molecule has 0 unspecified atom stereocenters. The summed E-state index contributed by atoms with van der Waals surface area (Å²) in [5, 5.41) is 13.0. The van der Waals surface area contributed by atoms with Gasteiger partial charge in [-0.3, -0.25) is 0 Å². The van der Waals surface area contributed by atoms with Crippen molar-refractivity contribution in [3.8, 4) is 0 Å². The van der Waals surface area contributed by atoms with E-state index >= 15 is 0 Å². The first-order valence-corrected chi connectivity index (χ1v) is 13.8. The second-order valence-electron chi connectivity index (χ2n) is 8.74. The van der Waals surface area contributed by atoms with E-state index in [9.17, 15) is 18.3 Å². The van der Waals surface area contributed by atoms with E-state index < -0.39 is 27.6 Å². The minimum atomic E-state index is -3.91. The molecule has 1 heterocycles. The highest BCUT2D eigenvalue weighted by atomic mass is 32.2. The summed E-state index contributed by atoms with van der Waals surface area (Å²) in [4.78, 5) is 13.4. The molecule has 192 valence electrons. The molecule has 0 radical (unpaired) electrons. The second kappa shape index (κ2) is 12.6. The predicted octanol–water partition coefficient (Wildman–Crippen LogP) is 2.91. The Morgan fingerprint density at radius 3 is 2.49 bits per heavy atom. The second-order valence-corrected chi connectivity index (χ2v) is 11.9. The van der Waals surface area contributed by atoms with Crippen molar-refractivity contribution in [1.29, 1.82) is 0 Å². The van der Waals surface area contributed by atoms with E-state index in [1.165, 1.54) is 40.3 Å². The van der Waals surface area contributed by atoms with Gasteiger partial charge in [-0.2, -0.15) is 4.31 Å². The van der Waals surface area contributed by atoms with Crippen LogP contribution >= 0.6 is 11.8 Å². The van der Waals surface area contributed by atoms with Crippen molar-refractivity contribution in [2.75, 3.05) is 32.0 Å². The maximum atomic E-state index is 13.4. The summed E-state index contributed by atoms with van der Waals surface area (Å²) < 4.78 is 38.7. The van der Waals surface area contributed by atoms with Gasteiger partial charge in [0.1, 0.15) is 11.5 Å². The molecule has 3 atom stereocenters. The fraction of sp³-hybridized carbons (Fsp3) is 0.458. The van der Waals surface area contributed by atoms with E-state index in [2.05, 4.69) is 5.32 Å². The highest BCUT2D eigenvalue weighted by Gasteiger charge is 2.32. The van der Waals surface area contributed by atoms with Crippen molar-refractivity contribution in [3.05, 3.63) is 54.6 Å². The molecule has 0 bridgehead atoms. The van der Waals surface area contributed by atoms with Gasteiger partial charge in [-0.15, -0.1) is 0 Å². The predicted molar refractivity (Wildman–Crippen MR) is 135 cm³/mol. The number of aliphatic hydroxyl groups is 1. The van der Waals surface area contributed by atoms with Crippen LogP contribution in [0.2, 0.25) is 0 Å². The third kappa shape index (κ3) is 8.11. The molecule has 1 aliphatic rings. The van der Waals surface area contributed by atoms with E-state index in [1.807, 2.05) is 44.2 Å². The number of benzene rings is 2. The number of thioether (sulfide) groups is 1. The molecule has 3 rings (SSSR count). The van der Waals surface area contributed by atoms with Gasteiger partial charge in [0.05, 0.1) is 24.2 Å². The summed E-state index contributed by atoms with van der Waals surface area (Å²) in [5.41, 5.74) is 6.17. The van der Waals surface area contributed by atoms with Crippen LogP contribution < -0.4 is 11.1 Å². The number of nitrogens with one attached hydrogen (secondary N) is 1. The quantitative estimate of drug-likeness (QED) is 0.233. The number of carbonyl (C=O) groups is 1. The van der Waals surface area contributed by atoms with Crippen molar-refractivity contribution >= 4 is 33.6 Å². The molecule has 2 aromatic rings. The molecule has 1 aliphatic heterocycles. The van der Waals surface area contributed by atoms with E-state index in [-0.39, 0.29) is 30.0 Å². The van der Waals surface area contributed by atoms with Crippen molar-refractivity contribution in [2.45, 2.75) is 47.6 Å². The Bertz CT molecular complexity index is 1040. The number of nitrogens with two attached hydrogens (primary N) is 1. The maximum absolute atomic E-state index is 13.4. The van der Waals surface area contributed by atoms with Gasteiger partial charge in [-0.05, 0) is 42.3 Å². The number of amides is 1. The summed E-state index contributed by atoms with van der Waals surface area (Å²) in [7, 11) is -3.91. The van der Waals surface area contributed by atoms with E-state index in [1.54, 1.807) is 0 Å². The Morgan fingerprint density at radius 1 is 1.20 bits per heavy atom. The van der Waals surface area contributed by atoms with Crippen molar-refractivity contribution in [1.82, 2.24) is 9.62 Å². The van der Waals surface area contributed by atoms with Crippen LogP contribution in [0, 0.1) is 5.92 Å². The number of nitrogens with zero attached hydrogens (tertiary/aromatic N) is 1. The lowest BCUT2D eigenvalue weighted by Gasteiger charge is -2.30. The molecule has 0 aliphatic carbocycles. The molecule has 0 aromatic heterocycles. The zero-order chi connectivity index (χ0) is 25.4. The maximum Gasteiger partial charge on any atom is 0.408 e. The molecule has 9 nitrogen and oxygen atoms in total. The van der Waals surface area contributed by atoms with Crippen LogP contribution in [0.3, 0.4) is 0 Å². The van der Waals surface area contributed by atoms with Crippen molar-refractivity contribution in [3.63, 3.8) is 0 Å². The summed E-state index contributed by atoms with van der Waals surface area (Å²) in [6.45, 7) is 4.61. The van der Waals surface area contributed by atoms with Crippen LogP contribution in [-0.4, -0.2) is 67.8 Å². The number of nitrogen functional groups attached to an aromatic ring is 1. The third-order valence-electron chi connectivity index (χ3n) is 5.25. The van der Waals surface area contributed by atoms with Gasteiger partial charge in [0.15, 0.2) is 0 Å². The number of ether oxygens (including phenoxy) is 2. The summed E-state index contributed by atoms with van der Waals surface area (Å²) >= 11 is 1.22. The number of anilines is 1. The topological polar surface area (TPSA) is 131 Å². The first-order valence-electron chi connectivity index (χ1n) is 11.5. The van der Waals surface area contributed by atoms with Crippen LogP contribution in [0.5, 0.6) is 0 Å². The standard InChI is InChI=1S/C24H33N3O6S2/c1-17(2)14-27(35(30,31)21-10-8-18(25)9-11-21)15-22(28)23(34-20-6-4-3-5-7-20)26-24(29)33-19-12-13-32-16-19/h3-11,17,19,22-23,28H,12-16,25H2,1-2H3,(H,26,29)/t19-,22-,23+/m0/s1. The first kappa shape index (κ1) is 27.3. The molecule has 1 saturated heterocycles. The largest absolute Gasteiger partial charge is 0.444 e. The first-order chi connectivity index (χ1) is 16.6. The lowest BCUT2D eigenvalue weighted by Crippen LogP contribution is -2.49. The minimum Gasteiger partial charge on any atom is -0.444 e. The van der Waals surface area contributed by atoms with Crippen molar-refractivity contribution < 1.29 is 27.8 Å². The molecule has 4 N–H and O–H groups in total. The Morgan fingerprint density at radius 2 is 1.89 bits per heavy atom. The molecule has 11 heteroatoms. The molecule has 1 amide bonds. The number of carbonyl (C=O) groups excluding carboxylic acids is 1. The third-order valence-corrected chi connectivity index (χ3v) is 8.33. The molecule has 0 saturated carbocycles. The Kier molecular flexibility index (Phi) is 9.81.